The first kappa shape index (κ1) is 22.4. The molecule has 0 rings (SSSR count). The Balaban J connectivity index is -0.0000000300. The van der Waals surface area contributed by atoms with Crippen LogP contribution in [0.15, 0.2) is 0 Å². The van der Waals surface area contributed by atoms with Gasteiger partial charge in [-0.25, -0.2) is 0 Å². The standard InChI is InChI=1S/C2H4O2.Ca.Mn.NO3/c1-2(3)4;;;2-1(3)4/h1H3,(H,3,4);;;/q;+2;;-1/p-1. The Morgan fingerprint density at radius 1 is 1.40 bits per heavy atom. The van der Waals surface area contributed by atoms with Crippen molar-refractivity contribution in [2.45, 2.75) is 6.92 Å². The summed E-state index contributed by atoms with van der Waals surface area (Å²) in [5.41, 5.74) is 0. The molecule has 10 heavy (non-hydrogen) atoms. The molecule has 0 saturated carbocycles. The number of hydrogen-bond acceptors (Lipinski definition) is 5. The molecule has 0 saturated heterocycles. The van der Waals surface area contributed by atoms with Crippen LogP contribution in [0.2, 0.25) is 0 Å². The quantitative estimate of drug-likeness (QED) is 0.268. The predicted octanol–water partition coefficient (Wildman–Crippen LogP) is -1.87. The molecular weight excluding hydrogens is 213 g/mol. The number of nitrogens with zero attached hydrogens (tertiary/aromatic N) is 1. The van der Waals surface area contributed by atoms with Gasteiger partial charge in [-0.2, -0.15) is 0 Å². The zero-order valence-electron chi connectivity index (χ0n) is 5.07. The van der Waals surface area contributed by atoms with Crippen molar-refractivity contribution in [3.63, 3.8) is 0 Å². The first-order chi connectivity index (χ1) is 3.46. The maximum absolute atomic E-state index is 8.89. The summed E-state index contributed by atoms with van der Waals surface area (Å²) < 4.78 is 0. The monoisotopic (exact) mass is 216 g/mol. The van der Waals surface area contributed by atoms with E-state index in [1.807, 2.05) is 0 Å². The second kappa shape index (κ2) is 16.2. The molecule has 0 aromatic heterocycles. The maximum Gasteiger partial charge on any atom is 2.00 e. The van der Waals surface area contributed by atoms with Crippen LogP contribution < -0.4 is 5.11 Å². The molecule has 1 radical (unpaired) electrons. The molecule has 0 aromatic carbocycles. The van der Waals surface area contributed by atoms with E-state index in [1.165, 1.54) is 0 Å². The van der Waals surface area contributed by atoms with Crippen LogP contribution in [-0.2, 0) is 21.9 Å². The van der Waals surface area contributed by atoms with Crippen molar-refractivity contribution in [2.24, 2.45) is 0 Å². The summed E-state index contributed by atoms with van der Waals surface area (Å²) in [6.07, 6.45) is 0. The second-order valence-electron chi connectivity index (χ2n) is 0.715. The van der Waals surface area contributed by atoms with Gasteiger partial charge < -0.3 is 25.2 Å². The summed E-state index contributed by atoms with van der Waals surface area (Å²) in [5, 5.41) is 23.6. The Hall–Kier alpha value is 0.449. The number of carboxylic acids is 1. The first-order valence-corrected chi connectivity index (χ1v) is 1.46. The Morgan fingerprint density at radius 3 is 1.40 bits per heavy atom. The molecule has 0 N–H and O–H groups in total. The van der Waals surface area contributed by atoms with Crippen molar-refractivity contribution >= 4 is 43.7 Å². The van der Waals surface area contributed by atoms with Gasteiger partial charge in [0.05, 0.1) is 5.09 Å². The van der Waals surface area contributed by atoms with Gasteiger partial charge in [-0.1, -0.05) is 0 Å². The van der Waals surface area contributed by atoms with E-state index in [1.54, 1.807) is 0 Å². The molecule has 6 nitrogen and oxygen atoms in total. The van der Waals surface area contributed by atoms with E-state index in [-0.39, 0.29) is 54.8 Å². The molecule has 0 fully saturated rings. The molecule has 0 bridgehead atoms. The minimum atomic E-state index is -1.75. The number of aliphatic carboxylic acids is 1. The van der Waals surface area contributed by atoms with Gasteiger partial charge in [0.25, 0.3) is 0 Å². The molecule has 0 atom stereocenters. The van der Waals surface area contributed by atoms with E-state index in [0.717, 1.165) is 6.92 Å². The molecule has 0 spiro atoms. The summed E-state index contributed by atoms with van der Waals surface area (Å²) in [4.78, 5) is 17.1. The fourth-order valence-corrected chi connectivity index (χ4v) is 0. The normalized spacial score (nSPS) is 4.90. The van der Waals surface area contributed by atoms with Gasteiger partial charge in [0.1, 0.15) is 0 Å². The van der Waals surface area contributed by atoms with Crippen molar-refractivity contribution in [1.82, 2.24) is 0 Å². The number of rotatable bonds is 0. The molecule has 0 aliphatic carbocycles. The van der Waals surface area contributed by atoms with Gasteiger partial charge in [-0.15, -0.1) is 0 Å². The van der Waals surface area contributed by atoms with Gasteiger partial charge >= 0.3 is 37.7 Å². The zero-order chi connectivity index (χ0) is 7.15. The van der Waals surface area contributed by atoms with Crippen LogP contribution in [0.5, 0.6) is 0 Å². The first-order valence-electron chi connectivity index (χ1n) is 1.46. The predicted molar refractivity (Wildman–Crippen MR) is 26.8 cm³/mol. The molecule has 0 heterocycles. The van der Waals surface area contributed by atoms with Gasteiger partial charge in [0.15, 0.2) is 0 Å². The van der Waals surface area contributed by atoms with E-state index < -0.39 is 11.1 Å². The molecule has 0 aliphatic rings. The Kier molecular flexibility index (Phi) is 36.4. The molecule has 0 amide bonds. The maximum atomic E-state index is 8.89. The molecule has 55 valence electrons. The third-order valence-corrected chi connectivity index (χ3v) is 0. The number of hydrogen-bond donors (Lipinski definition) is 0. The van der Waals surface area contributed by atoms with Crippen LogP contribution in [0.4, 0.5) is 0 Å². The third kappa shape index (κ3) is 2320. The SMILES string of the molecule is CC(=O)[O-].O=[N+]([O-])[O-].[Ca+2].[Mn]. The van der Waals surface area contributed by atoms with Crippen molar-refractivity contribution in [3.05, 3.63) is 15.3 Å². The van der Waals surface area contributed by atoms with Crippen molar-refractivity contribution in [3.8, 4) is 0 Å². The van der Waals surface area contributed by atoms with Gasteiger partial charge in [-0.3, -0.25) is 0 Å². The average Bonchev–Trinajstić information content (AvgIpc) is 1.25. The van der Waals surface area contributed by atoms with E-state index in [9.17, 15) is 0 Å². The molecule has 0 aromatic rings. The summed E-state index contributed by atoms with van der Waals surface area (Å²) in [5.74, 6) is -1.08. The van der Waals surface area contributed by atoms with E-state index in [4.69, 9.17) is 25.2 Å². The summed E-state index contributed by atoms with van der Waals surface area (Å²) >= 11 is 0. The Bertz CT molecular complexity index is 77.6. The summed E-state index contributed by atoms with van der Waals surface area (Å²) in [6, 6.07) is 0. The smallest absolute Gasteiger partial charge is 0.550 e. The summed E-state index contributed by atoms with van der Waals surface area (Å²) in [6.45, 7) is 0.972. The minimum absolute atomic E-state index is 0. The fraction of sp³-hybridized carbons (Fsp3) is 0.500. The van der Waals surface area contributed by atoms with Gasteiger partial charge in [-0.05, 0) is 6.92 Å². The van der Waals surface area contributed by atoms with Crippen molar-refractivity contribution in [1.29, 1.82) is 0 Å². The number of carbonyl (C=O) groups is 1. The number of carbonyl (C=O) groups excluding carboxylic acids is 1. The van der Waals surface area contributed by atoms with E-state index in [2.05, 4.69) is 0 Å². The fourth-order valence-electron chi connectivity index (χ4n) is 0. The van der Waals surface area contributed by atoms with Crippen LogP contribution >= 0.6 is 0 Å². The van der Waals surface area contributed by atoms with Crippen LogP contribution in [0, 0.1) is 15.3 Å². The topological polar surface area (TPSA) is 106 Å². The van der Waals surface area contributed by atoms with Crippen molar-refractivity contribution in [2.75, 3.05) is 0 Å². The van der Waals surface area contributed by atoms with Gasteiger partial charge in [0.2, 0.25) is 0 Å². The van der Waals surface area contributed by atoms with Crippen molar-refractivity contribution < 1.29 is 32.1 Å². The molecule has 0 unspecified atom stereocenters. The Morgan fingerprint density at radius 2 is 1.40 bits per heavy atom. The average molecular weight is 216 g/mol. The second-order valence-corrected chi connectivity index (χ2v) is 0.715. The van der Waals surface area contributed by atoms with Crippen LogP contribution in [0.25, 0.3) is 0 Å². The van der Waals surface area contributed by atoms with E-state index >= 15 is 0 Å². The molecule has 8 heteroatoms. The zero-order valence-corrected chi connectivity index (χ0v) is 8.46. The third-order valence-electron chi connectivity index (χ3n) is 0. The minimum Gasteiger partial charge on any atom is -0.550 e. The van der Waals surface area contributed by atoms with Crippen LogP contribution in [-0.4, -0.2) is 48.8 Å². The molecule has 0 aliphatic heterocycles. The molecular formula is C2H3CaMnNO5. The largest absolute Gasteiger partial charge is 2.00 e. The summed E-state index contributed by atoms with van der Waals surface area (Å²) in [7, 11) is 0. The van der Waals surface area contributed by atoms with Crippen LogP contribution in [0.3, 0.4) is 0 Å². The number of carboxylic acid groups (broad SMARTS) is 1. The Labute approximate surface area is 97.2 Å². The van der Waals surface area contributed by atoms with Crippen LogP contribution in [0.1, 0.15) is 6.92 Å². The van der Waals surface area contributed by atoms with Gasteiger partial charge in [0, 0.05) is 23.0 Å². The van der Waals surface area contributed by atoms with E-state index in [0.29, 0.717) is 0 Å².